The van der Waals surface area contributed by atoms with Gasteiger partial charge in [-0.25, -0.2) is 4.39 Å². The maximum absolute atomic E-state index is 13.5. The molecule has 1 aliphatic rings. The Morgan fingerprint density at radius 2 is 2.19 bits per heavy atom. The van der Waals surface area contributed by atoms with Crippen molar-refractivity contribution < 1.29 is 9.18 Å². The number of aromatic amines is 1. The van der Waals surface area contributed by atoms with Gasteiger partial charge in [-0.1, -0.05) is 18.2 Å². The summed E-state index contributed by atoms with van der Waals surface area (Å²) in [6, 6.07) is 6.52. The van der Waals surface area contributed by atoms with Gasteiger partial charge in [-0.2, -0.15) is 5.10 Å². The lowest BCUT2D eigenvalue weighted by atomic mass is 10.1. The molecular weight excluding hydrogens is 271 g/mol. The van der Waals surface area contributed by atoms with Crippen LogP contribution >= 0.6 is 0 Å². The van der Waals surface area contributed by atoms with Gasteiger partial charge >= 0.3 is 0 Å². The molecule has 0 atom stereocenters. The van der Waals surface area contributed by atoms with E-state index in [9.17, 15) is 9.18 Å². The van der Waals surface area contributed by atoms with Crippen molar-refractivity contribution in [1.29, 1.82) is 0 Å². The molecule has 0 radical (unpaired) electrons. The maximum Gasteiger partial charge on any atom is 0.273 e. The monoisotopic (exact) mass is 288 g/mol. The maximum atomic E-state index is 13.5. The number of nitrogens with two attached hydrogens (primary N) is 1. The zero-order valence-corrected chi connectivity index (χ0v) is 11.5. The molecule has 0 saturated heterocycles. The topological polar surface area (TPSA) is 83.8 Å². The molecule has 3 rings (SSSR count). The van der Waals surface area contributed by atoms with Crippen molar-refractivity contribution in [3.05, 3.63) is 47.0 Å². The van der Waals surface area contributed by atoms with Crippen LogP contribution in [0.5, 0.6) is 0 Å². The van der Waals surface area contributed by atoms with Crippen LogP contribution in [0.3, 0.4) is 0 Å². The Kier molecular flexibility index (Phi) is 3.60. The number of benzene rings is 1. The standard InChI is InChI=1S/C15H17FN4O/c16-11-4-2-1-3-9(11)7-8-18-15(21)14-12(17)13(19-20-14)10-5-6-10/h1-4,10H,5-8,17H2,(H,18,21)(H,19,20). The van der Waals surface area contributed by atoms with E-state index in [0.717, 1.165) is 18.5 Å². The van der Waals surface area contributed by atoms with Gasteiger partial charge in [-0.15, -0.1) is 0 Å². The fourth-order valence-corrected chi connectivity index (χ4v) is 2.32. The van der Waals surface area contributed by atoms with E-state index in [2.05, 4.69) is 15.5 Å². The largest absolute Gasteiger partial charge is 0.395 e. The van der Waals surface area contributed by atoms with Crippen LogP contribution in [-0.2, 0) is 6.42 Å². The summed E-state index contributed by atoms with van der Waals surface area (Å²) in [4.78, 5) is 12.0. The van der Waals surface area contributed by atoms with Gasteiger partial charge in [0, 0.05) is 12.5 Å². The smallest absolute Gasteiger partial charge is 0.273 e. The summed E-state index contributed by atoms with van der Waals surface area (Å²) in [5.74, 6) is -0.175. The van der Waals surface area contributed by atoms with Crippen LogP contribution in [0.4, 0.5) is 10.1 Å². The number of hydrogen-bond donors (Lipinski definition) is 3. The van der Waals surface area contributed by atoms with Crippen molar-refractivity contribution in [2.45, 2.75) is 25.2 Å². The van der Waals surface area contributed by atoms with Gasteiger partial charge in [0.25, 0.3) is 5.91 Å². The van der Waals surface area contributed by atoms with Crippen LogP contribution in [0.25, 0.3) is 0 Å². The second-order valence-corrected chi connectivity index (χ2v) is 5.27. The average Bonchev–Trinajstić information content (AvgIpc) is 3.24. The predicted octanol–water partition coefficient (Wildman–Crippen LogP) is 1.98. The molecule has 0 aliphatic heterocycles. The van der Waals surface area contributed by atoms with Crippen LogP contribution in [-0.4, -0.2) is 22.6 Å². The molecule has 2 aromatic rings. The van der Waals surface area contributed by atoms with Gasteiger partial charge in [0.1, 0.15) is 5.82 Å². The minimum absolute atomic E-state index is 0.227. The van der Waals surface area contributed by atoms with Gasteiger partial charge in [0.15, 0.2) is 5.69 Å². The number of nitrogens with one attached hydrogen (secondary N) is 2. The lowest BCUT2D eigenvalue weighted by molar-refractivity contribution is 0.0950. The normalized spacial score (nSPS) is 14.1. The molecule has 21 heavy (non-hydrogen) atoms. The number of halogens is 1. The average molecular weight is 288 g/mol. The Morgan fingerprint density at radius 3 is 2.90 bits per heavy atom. The SMILES string of the molecule is Nc1c(C(=O)NCCc2ccccc2F)n[nH]c1C1CC1. The van der Waals surface area contributed by atoms with E-state index < -0.39 is 0 Å². The molecule has 1 aromatic carbocycles. The van der Waals surface area contributed by atoms with E-state index >= 15 is 0 Å². The number of hydrogen-bond acceptors (Lipinski definition) is 3. The van der Waals surface area contributed by atoms with E-state index in [-0.39, 0.29) is 17.4 Å². The summed E-state index contributed by atoms with van der Waals surface area (Å²) < 4.78 is 13.5. The lowest BCUT2D eigenvalue weighted by Crippen LogP contribution is -2.27. The molecule has 1 heterocycles. The molecule has 6 heteroatoms. The molecule has 1 saturated carbocycles. The molecule has 110 valence electrons. The fraction of sp³-hybridized carbons (Fsp3) is 0.333. The Hall–Kier alpha value is -2.37. The first-order chi connectivity index (χ1) is 10.2. The summed E-state index contributed by atoms with van der Waals surface area (Å²) in [7, 11) is 0. The lowest BCUT2D eigenvalue weighted by Gasteiger charge is -2.05. The first-order valence-corrected chi connectivity index (χ1v) is 7.02. The quantitative estimate of drug-likeness (QED) is 0.786. The van der Waals surface area contributed by atoms with Gasteiger partial charge in [-0.3, -0.25) is 9.89 Å². The Labute approximate surface area is 121 Å². The molecule has 1 fully saturated rings. The van der Waals surface area contributed by atoms with E-state index in [1.807, 2.05) is 0 Å². The van der Waals surface area contributed by atoms with Crippen molar-refractivity contribution >= 4 is 11.6 Å². The van der Waals surface area contributed by atoms with Crippen molar-refractivity contribution in [2.24, 2.45) is 0 Å². The summed E-state index contributed by atoms with van der Waals surface area (Å²) >= 11 is 0. The third kappa shape index (κ3) is 2.89. The first kappa shape index (κ1) is 13.6. The van der Waals surface area contributed by atoms with Crippen molar-refractivity contribution in [1.82, 2.24) is 15.5 Å². The van der Waals surface area contributed by atoms with Gasteiger partial charge < -0.3 is 11.1 Å². The molecule has 0 unspecified atom stereocenters. The summed E-state index contributed by atoms with van der Waals surface area (Å²) in [6.07, 6.45) is 2.60. The zero-order valence-electron chi connectivity index (χ0n) is 11.5. The highest BCUT2D eigenvalue weighted by atomic mass is 19.1. The van der Waals surface area contributed by atoms with Crippen molar-refractivity contribution in [3.8, 4) is 0 Å². The highest BCUT2D eigenvalue weighted by Gasteiger charge is 2.30. The Bertz CT molecular complexity index is 663. The van der Waals surface area contributed by atoms with Crippen LogP contribution in [0.15, 0.2) is 24.3 Å². The van der Waals surface area contributed by atoms with E-state index in [4.69, 9.17) is 5.73 Å². The first-order valence-electron chi connectivity index (χ1n) is 7.02. The minimum Gasteiger partial charge on any atom is -0.395 e. The molecule has 1 amide bonds. The summed E-state index contributed by atoms with van der Waals surface area (Å²) in [6.45, 7) is 0.338. The molecule has 0 bridgehead atoms. The molecule has 4 N–H and O–H groups in total. The number of anilines is 1. The third-order valence-electron chi connectivity index (χ3n) is 3.67. The summed E-state index contributed by atoms with van der Waals surface area (Å²) in [5, 5.41) is 9.54. The number of nitrogens with zero attached hydrogens (tertiary/aromatic N) is 1. The number of aromatic nitrogens is 2. The highest BCUT2D eigenvalue weighted by molar-refractivity contribution is 5.97. The minimum atomic E-state index is -0.327. The highest BCUT2D eigenvalue weighted by Crippen LogP contribution is 2.42. The van der Waals surface area contributed by atoms with E-state index in [1.165, 1.54) is 6.07 Å². The van der Waals surface area contributed by atoms with E-state index in [1.54, 1.807) is 18.2 Å². The van der Waals surface area contributed by atoms with Gasteiger partial charge in [-0.05, 0) is 30.9 Å². The number of H-pyrrole nitrogens is 1. The zero-order chi connectivity index (χ0) is 14.8. The fourth-order valence-electron chi connectivity index (χ4n) is 2.32. The summed E-state index contributed by atoms with van der Waals surface area (Å²) in [5.41, 5.74) is 8.03. The van der Waals surface area contributed by atoms with Gasteiger partial charge in [0.05, 0.1) is 11.4 Å². The Morgan fingerprint density at radius 1 is 1.43 bits per heavy atom. The molecule has 5 nitrogen and oxygen atoms in total. The number of rotatable bonds is 5. The van der Waals surface area contributed by atoms with E-state index in [0.29, 0.717) is 30.1 Å². The third-order valence-corrected chi connectivity index (χ3v) is 3.67. The molecular formula is C15H17FN4O. The van der Waals surface area contributed by atoms with Crippen LogP contribution in [0, 0.1) is 5.82 Å². The van der Waals surface area contributed by atoms with Crippen molar-refractivity contribution in [3.63, 3.8) is 0 Å². The second kappa shape index (κ2) is 5.55. The predicted molar refractivity (Wildman–Crippen MR) is 77.4 cm³/mol. The number of carbonyl (C=O) groups is 1. The number of amides is 1. The van der Waals surface area contributed by atoms with Crippen LogP contribution in [0.2, 0.25) is 0 Å². The molecule has 0 spiro atoms. The number of nitrogen functional groups attached to an aromatic ring is 1. The number of carbonyl (C=O) groups excluding carboxylic acids is 1. The second-order valence-electron chi connectivity index (χ2n) is 5.27. The molecule has 1 aliphatic carbocycles. The van der Waals surface area contributed by atoms with Crippen molar-refractivity contribution in [2.75, 3.05) is 12.3 Å². The van der Waals surface area contributed by atoms with Crippen LogP contribution in [0.1, 0.15) is 40.5 Å². The molecule has 1 aromatic heterocycles. The Balaban J connectivity index is 1.58. The van der Waals surface area contributed by atoms with Crippen LogP contribution < -0.4 is 11.1 Å². The van der Waals surface area contributed by atoms with Gasteiger partial charge in [0.2, 0.25) is 0 Å².